The summed E-state index contributed by atoms with van der Waals surface area (Å²) < 4.78 is 0. The lowest BCUT2D eigenvalue weighted by Gasteiger charge is -2.19. The second-order valence-electron chi connectivity index (χ2n) is 5.11. The van der Waals surface area contributed by atoms with Crippen molar-refractivity contribution in [2.75, 3.05) is 23.3 Å². The van der Waals surface area contributed by atoms with Crippen molar-refractivity contribution in [1.82, 2.24) is 5.32 Å². The number of carbonyl (C=O) groups excluding carboxylic acids is 1. The lowest BCUT2D eigenvalue weighted by atomic mass is 10.2. The predicted molar refractivity (Wildman–Crippen MR) is 80.2 cm³/mol. The molecule has 0 aliphatic carbocycles. The second-order valence-corrected chi connectivity index (χ2v) is 5.52. The van der Waals surface area contributed by atoms with Crippen LogP contribution in [0.5, 0.6) is 0 Å². The Labute approximate surface area is 119 Å². The van der Waals surface area contributed by atoms with Crippen LogP contribution in [-0.4, -0.2) is 25.2 Å². The zero-order chi connectivity index (χ0) is 13.8. The summed E-state index contributed by atoms with van der Waals surface area (Å²) in [7, 11) is 0. The average molecular weight is 282 g/mol. The summed E-state index contributed by atoms with van der Waals surface area (Å²) >= 11 is 6.29. The molecule has 1 aromatic carbocycles. The number of nitrogens with one attached hydrogen (secondary N) is 2. The number of carbonyl (C=O) groups is 1. The highest BCUT2D eigenvalue weighted by molar-refractivity contribution is 6.33. The first-order valence-electron chi connectivity index (χ1n) is 6.68. The van der Waals surface area contributed by atoms with Gasteiger partial charge < -0.3 is 15.5 Å². The molecule has 1 heterocycles. The number of urea groups is 1. The van der Waals surface area contributed by atoms with Crippen molar-refractivity contribution in [2.45, 2.75) is 32.7 Å². The topological polar surface area (TPSA) is 44.4 Å². The molecule has 0 aromatic heterocycles. The first kappa shape index (κ1) is 14.0. The van der Waals surface area contributed by atoms with E-state index in [1.165, 1.54) is 12.8 Å². The first-order chi connectivity index (χ1) is 9.06. The minimum absolute atomic E-state index is 0.111. The van der Waals surface area contributed by atoms with Gasteiger partial charge in [0.2, 0.25) is 0 Å². The van der Waals surface area contributed by atoms with Crippen molar-refractivity contribution in [3.05, 3.63) is 23.2 Å². The van der Waals surface area contributed by atoms with Crippen molar-refractivity contribution in [1.29, 1.82) is 0 Å². The second kappa shape index (κ2) is 6.15. The third-order valence-electron chi connectivity index (χ3n) is 3.07. The van der Waals surface area contributed by atoms with E-state index >= 15 is 0 Å². The highest BCUT2D eigenvalue weighted by atomic mass is 35.5. The molecule has 1 fully saturated rings. The average Bonchev–Trinajstić information content (AvgIpc) is 2.81. The van der Waals surface area contributed by atoms with Crippen molar-refractivity contribution >= 4 is 29.0 Å². The number of amides is 2. The summed E-state index contributed by atoms with van der Waals surface area (Å²) in [5, 5.41) is 6.24. The molecule has 0 bridgehead atoms. The SMILES string of the molecule is CC(C)NC(=O)Nc1ccc(N2CCCC2)c(Cl)c1. The molecule has 1 aromatic rings. The smallest absolute Gasteiger partial charge is 0.319 e. The minimum atomic E-state index is -0.208. The Hall–Kier alpha value is -1.42. The summed E-state index contributed by atoms with van der Waals surface area (Å²) in [5.41, 5.74) is 1.76. The summed E-state index contributed by atoms with van der Waals surface area (Å²) in [5.74, 6) is 0. The molecule has 104 valence electrons. The quantitative estimate of drug-likeness (QED) is 0.891. The van der Waals surface area contributed by atoms with Gasteiger partial charge >= 0.3 is 6.03 Å². The van der Waals surface area contributed by atoms with Gasteiger partial charge in [0.1, 0.15) is 0 Å². The molecule has 4 nitrogen and oxygen atoms in total. The van der Waals surface area contributed by atoms with Gasteiger partial charge in [-0.05, 0) is 44.9 Å². The maximum absolute atomic E-state index is 11.6. The summed E-state index contributed by atoms with van der Waals surface area (Å²) in [4.78, 5) is 13.9. The largest absolute Gasteiger partial charge is 0.370 e. The maximum atomic E-state index is 11.6. The van der Waals surface area contributed by atoms with Gasteiger partial charge in [0.05, 0.1) is 10.7 Å². The number of rotatable bonds is 3. The fourth-order valence-electron chi connectivity index (χ4n) is 2.23. The Morgan fingerprint density at radius 2 is 2.00 bits per heavy atom. The van der Waals surface area contributed by atoms with Crippen LogP contribution in [0.2, 0.25) is 5.02 Å². The van der Waals surface area contributed by atoms with Crippen molar-refractivity contribution in [3.8, 4) is 0 Å². The van der Waals surface area contributed by atoms with E-state index in [-0.39, 0.29) is 12.1 Å². The monoisotopic (exact) mass is 281 g/mol. The molecule has 0 atom stereocenters. The molecule has 1 aliphatic heterocycles. The van der Waals surface area contributed by atoms with Crippen molar-refractivity contribution < 1.29 is 4.79 Å². The van der Waals surface area contributed by atoms with E-state index in [4.69, 9.17) is 11.6 Å². The summed E-state index contributed by atoms with van der Waals surface area (Å²) in [6, 6.07) is 5.56. The van der Waals surface area contributed by atoms with E-state index in [0.29, 0.717) is 10.7 Å². The number of hydrogen-bond acceptors (Lipinski definition) is 2. The van der Waals surface area contributed by atoms with Crippen molar-refractivity contribution in [2.24, 2.45) is 0 Å². The van der Waals surface area contributed by atoms with Crippen LogP contribution in [-0.2, 0) is 0 Å². The van der Waals surface area contributed by atoms with Gasteiger partial charge in [0.15, 0.2) is 0 Å². The van der Waals surface area contributed by atoms with E-state index < -0.39 is 0 Å². The van der Waals surface area contributed by atoms with E-state index in [2.05, 4.69) is 15.5 Å². The van der Waals surface area contributed by atoms with Gasteiger partial charge in [-0.3, -0.25) is 0 Å². The number of hydrogen-bond donors (Lipinski definition) is 2. The molecule has 0 saturated carbocycles. The number of anilines is 2. The summed E-state index contributed by atoms with van der Waals surface area (Å²) in [6.07, 6.45) is 2.43. The highest BCUT2D eigenvalue weighted by Gasteiger charge is 2.15. The first-order valence-corrected chi connectivity index (χ1v) is 7.06. The fraction of sp³-hybridized carbons (Fsp3) is 0.500. The lowest BCUT2D eigenvalue weighted by Crippen LogP contribution is -2.34. The normalized spacial score (nSPS) is 14.8. The minimum Gasteiger partial charge on any atom is -0.370 e. The van der Waals surface area contributed by atoms with E-state index in [9.17, 15) is 4.79 Å². The van der Waals surface area contributed by atoms with Crippen LogP contribution < -0.4 is 15.5 Å². The Kier molecular flexibility index (Phi) is 4.53. The Morgan fingerprint density at radius 1 is 1.32 bits per heavy atom. The molecular weight excluding hydrogens is 262 g/mol. The van der Waals surface area contributed by atoms with Crippen LogP contribution in [0.4, 0.5) is 16.2 Å². The fourth-order valence-corrected chi connectivity index (χ4v) is 2.53. The lowest BCUT2D eigenvalue weighted by molar-refractivity contribution is 0.250. The van der Waals surface area contributed by atoms with Gasteiger partial charge in [-0.25, -0.2) is 4.79 Å². The maximum Gasteiger partial charge on any atom is 0.319 e. The Morgan fingerprint density at radius 3 is 2.58 bits per heavy atom. The van der Waals surface area contributed by atoms with E-state index in [1.807, 2.05) is 26.0 Å². The van der Waals surface area contributed by atoms with Gasteiger partial charge in [0, 0.05) is 24.8 Å². The Bertz CT molecular complexity index is 456. The highest BCUT2D eigenvalue weighted by Crippen LogP contribution is 2.31. The van der Waals surface area contributed by atoms with Crippen LogP contribution >= 0.6 is 11.6 Å². The number of nitrogens with zero attached hydrogens (tertiary/aromatic N) is 1. The molecular formula is C14H20ClN3O. The molecule has 19 heavy (non-hydrogen) atoms. The Balaban J connectivity index is 2.04. The number of benzene rings is 1. The molecule has 2 N–H and O–H groups in total. The van der Waals surface area contributed by atoms with Crippen LogP contribution in [0.1, 0.15) is 26.7 Å². The molecule has 2 rings (SSSR count). The van der Waals surface area contributed by atoms with Gasteiger partial charge in [0.25, 0.3) is 0 Å². The zero-order valence-electron chi connectivity index (χ0n) is 11.4. The van der Waals surface area contributed by atoms with Gasteiger partial charge in [-0.15, -0.1) is 0 Å². The molecule has 0 spiro atoms. The standard InChI is InChI=1S/C14H20ClN3O/c1-10(2)16-14(19)17-11-5-6-13(12(15)9-11)18-7-3-4-8-18/h5-6,9-10H,3-4,7-8H2,1-2H3,(H2,16,17,19). The molecule has 0 unspecified atom stereocenters. The van der Waals surface area contributed by atoms with Crippen LogP contribution in [0, 0.1) is 0 Å². The van der Waals surface area contributed by atoms with Crippen LogP contribution in [0.15, 0.2) is 18.2 Å². The molecule has 1 aliphatic rings. The number of halogens is 1. The zero-order valence-corrected chi connectivity index (χ0v) is 12.1. The van der Waals surface area contributed by atoms with Gasteiger partial charge in [-0.2, -0.15) is 0 Å². The van der Waals surface area contributed by atoms with E-state index in [0.717, 1.165) is 18.8 Å². The summed E-state index contributed by atoms with van der Waals surface area (Å²) in [6.45, 7) is 5.95. The van der Waals surface area contributed by atoms with Crippen LogP contribution in [0.25, 0.3) is 0 Å². The molecule has 0 radical (unpaired) electrons. The van der Waals surface area contributed by atoms with Crippen molar-refractivity contribution in [3.63, 3.8) is 0 Å². The van der Waals surface area contributed by atoms with E-state index in [1.54, 1.807) is 6.07 Å². The molecule has 2 amide bonds. The van der Waals surface area contributed by atoms with Gasteiger partial charge in [-0.1, -0.05) is 11.6 Å². The third-order valence-corrected chi connectivity index (χ3v) is 3.37. The molecule has 5 heteroatoms. The van der Waals surface area contributed by atoms with Crippen LogP contribution in [0.3, 0.4) is 0 Å². The predicted octanol–water partition coefficient (Wildman–Crippen LogP) is 3.47. The molecule has 1 saturated heterocycles. The third kappa shape index (κ3) is 3.77.